The Balaban J connectivity index is 0.00000484. The zero-order valence-electron chi connectivity index (χ0n) is 13.5. The molecule has 0 aliphatic heterocycles. The summed E-state index contributed by atoms with van der Waals surface area (Å²) in [6.45, 7) is 4.67. The first-order valence-electron chi connectivity index (χ1n) is 7.10. The van der Waals surface area contributed by atoms with E-state index in [4.69, 9.17) is 0 Å². The summed E-state index contributed by atoms with van der Waals surface area (Å²) in [7, 11) is 1.57. The minimum atomic E-state index is -0.488. The van der Waals surface area contributed by atoms with Crippen molar-refractivity contribution in [3.05, 3.63) is 35.4 Å². The lowest BCUT2D eigenvalue weighted by molar-refractivity contribution is -0.123. The molecule has 0 bridgehead atoms. The van der Waals surface area contributed by atoms with Crippen molar-refractivity contribution in [2.75, 3.05) is 20.1 Å². The molecule has 0 fully saturated rings. The maximum atomic E-state index is 13.5. The van der Waals surface area contributed by atoms with Crippen molar-refractivity contribution in [2.45, 2.75) is 20.4 Å². The third-order valence-corrected chi connectivity index (χ3v) is 2.92. The highest BCUT2D eigenvalue weighted by Gasteiger charge is 2.06. The molecule has 23 heavy (non-hydrogen) atoms. The number of hydrogen-bond acceptors (Lipinski definition) is 2. The fraction of sp³-hybridized carbons (Fsp3) is 0.467. The quantitative estimate of drug-likeness (QED) is 0.275. The van der Waals surface area contributed by atoms with Gasteiger partial charge in [0.15, 0.2) is 5.96 Å². The third kappa shape index (κ3) is 8.10. The van der Waals surface area contributed by atoms with Gasteiger partial charge < -0.3 is 16.0 Å². The summed E-state index contributed by atoms with van der Waals surface area (Å²) in [5.41, 5.74) is 0.219. The average Bonchev–Trinajstić information content (AvgIpc) is 2.49. The molecule has 130 valence electrons. The number of aliphatic imine (C=N–C) groups is 1. The van der Waals surface area contributed by atoms with Crippen molar-refractivity contribution in [3.8, 4) is 0 Å². The van der Waals surface area contributed by atoms with Gasteiger partial charge in [0.05, 0.1) is 0 Å². The lowest BCUT2D eigenvalue weighted by Crippen LogP contribution is -2.41. The second kappa shape index (κ2) is 11.1. The zero-order valence-corrected chi connectivity index (χ0v) is 15.8. The van der Waals surface area contributed by atoms with Crippen molar-refractivity contribution < 1.29 is 13.6 Å². The Bertz CT molecular complexity index is 538. The molecule has 0 radical (unpaired) electrons. The SMILES string of the molecule is CN=C(NCCNC(=O)C(C)C)NCc1cc(F)ccc1F.I. The number of rotatable bonds is 6. The molecule has 1 aromatic rings. The highest BCUT2D eigenvalue weighted by atomic mass is 127. The van der Waals surface area contributed by atoms with E-state index >= 15 is 0 Å². The van der Waals surface area contributed by atoms with E-state index < -0.39 is 11.6 Å². The van der Waals surface area contributed by atoms with Gasteiger partial charge >= 0.3 is 0 Å². The molecule has 0 heterocycles. The van der Waals surface area contributed by atoms with E-state index in [0.717, 1.165) is 18.2 Å². The van der Waals surface area contributed by atoms with Crippen LogP contribution in [0, 0.1) is 17.6 Å². The number of amides is 1. The summed E-state index contributed by atoms with van der Waals surface area (Å²) in [6, 6.07) is 3.30. The van der Waals surface area contributed by atoms with Crippen LogP contribution < -0.4 is 16.0 Å². The Morgan fingerprint density at radius 2 is 1.83 bits per heavy atom. The Hall–Kier alpha value is -1.45. The van der Waals surface area contributed by atoms with Crippen LogP contribution in [0.4, 0.5) is 8.78 Å². The summed E-state index contributed by atoms with van der Waals surface area (Å²) in [4.78, 5) is 15.3. The second-order valence-corrected chi connectivity index (χ2v) is 5.03. The molecule has 0 spiro atoms. The Morgan fingerprint density at radius 3 is 2.43 bits per heavy atom. The molecule has 3 N–H and O–H groups in total. The van der Waals surface area contributed by atoms with E-state index in [0.29, 0.717) is 19.0 Å². The summed E-state index contributed by atoms with van der Waals surface area (Å²) in [6.07, 6.45) is 0. The lowest BCUT2D eigenvalue weighted by Gasteiger charge is -2.13. The molecule has 1 amide bonds. The number of halogens is 3. The van der Waals surface area contributed by atoms with Crippen molar-refractivity contribution in [1.29, 1.82) is 0 Å². The summed E-state index contributed by atoms with van der Waals surface area (Å²) < 4.78 is 26.5. The largest absolute Gasteiger partial charge is 0.355 e. The molecular formula is C15H23F2IN4O. The van der Waals surface area contributed by atoms with Crippen molar-refractivity contribution in [3.63, 3.8) is 0 Å². The average molecular weight is 440 g/mol. The van der Waals surface area contributed by atoms with Gasteiger partial charge in [0.2, 0.25) is 5.91 Å². The molecule has 1 aromatic carbocycles. The highest BCUT2D eigenvalue weighted by molar-refractivity contribution is 14.0. The summed E-state index contributed by atoms with van der Waals surface area (Å²) >= 11 is 0. The molecule has 1 rings (SSSR count). The van der Waals surface area contributed by atoms with Gasteiger partial charge in [-0.15, -0.1) is 24.0 Å². The van der Waals surface area contributed by atoms with E-state index in [1.54, 1.807) is 7.05 Å². The van der Waals surface area contributed by atoms with Crippen LogP contribution in [-0.2, 0) is 11.3 Å². The first kappa shape index (κ1) is 21.6. The van der Waals surface area contributed by atoms with Crippen molar-refractivity contribution in [1.82, 2.24) is 16.0 Å². The van der Waals surface area contributed by atoms with Crippen LogP contribution >= 0.6 is 24.0 Å². The number of carbonyl (C=O) groups is 1. The summed E-state index contributed by atoms with van der Waals surface area (Å²) in [5, 5.41) is 8.62. The van der Waals surface area contributed by atoms with E-state index in [1.165, 1.54) is 0 Å². The summed E-state index contributed by atoms with van der Waals surface area (Å²) in [5.74, 6) is -0.603. The number of guanidine groups is 1. The van der Waals surface area contributed by atoms with Crippen LogP contribution in [0.25, 0.3) is 0 Å². The number of nitrogens with zero attached hydrogens (tertiary/aromatic N) is 1. The Morgan fingerprint density at radius 1 is 1.17 bits per heavy atom. The second-order valence-electron chi connectivity index (χ2n) is 5.03. The predicted octanol–water partition coefficient (Wildman–Crippen LogP) is 2.02. The topological polar surface area (TPSA) is 65.5 Å². The number of carbonyl (C=O) groups excluding carboxylic acids is 1. The van der Waals surface area contributed by atoms with Gasteiger partial charge in [-0.1, -0.05) is 13.8 Å². The van der Waals surface area contributed by atoms with Gasteiger partial charge in [0, 0.05) is 38.2 Å². The Kier molecular flexibility index (Phi) is 10.4. The number of nitrogens with one attached hydrogen (secondary N) is 3. The predicted molar refractivity (Wildman–Crippen MR) is 97.8 cm³/mol. The van der Waals surface area contributed by atoms with Gasteiger partial charge in [-0.25, -0.2) is 8.78 Å². The monoisotopic (exact) mass is 440 g/mol. The normalized spacial score (nSPS) is 11.0. The van der Waals surface area contributed by atoms with Crippen LogP contribution in [0.15, 0.2) is 23.2 Å². The molecule has 0 aliphatic carbocycles. The van der Waals surface area contributed by atoms with Gasteiger partial charge in [-0.3, -0.25) is 9.79 Å². The molecule has 0 unspecified atom stereocenters. The van der Waals surface area contributed by atoms with Crippen LogP contribution in [0.1, 0.15) is 19.4 Å². The number of benzene rings is 1. The van der Waals surface area contributed by atoms with E-state index in [-0.39, 0.29) is 47.9 Å². The van der Waals surface area contributed by atoms with E-state index in [2.05, 4.69) is 20.9 Å². The van der Waals surface area contributed by atoms with Crippen molar-refractivity contribution in [2.24, 2.45) is 10.9 Å². The molecule has 0 aliphatic rings. The van der Waals surface area contributed by atoms with Crippen LogP contribution in [0.2, 0.25) is 0 Å². The Labute approximate surface area is 152 Å². The smallest absolute Gasteiger partial charge is 0.222 e. The fourth-order valence-corrected chi connectivity index (χ4v) is 1.65. The highest BCUT2D eigenvalue weighted by Crippen LogP contribution is 2.08. The van der Waals surface area contributed by atoms with Gasteiger partial charge in [0.25, 0.3) is 0 Å². The van der Waals surface area contributed by atoms with E-state index in [9.17, 15) is 13.6 Å². The van der Waals surface area contributed by atoms with Gasteiger partial charge in [0.1, 0.15) is 11.6 Å². The van der Waals surface area contributed by atoms with Gasteiger partial charge in [-0.2, -0.15) is 0 Å². The van der Waals surface area contributed by atoms with Crippen LogP contribution in [0.3, 0.4) is 0 Å². The molecule has 0 aromatic heterocycles. The maximum Gasteiger partial charge on any atom is 0.222 e. The molecular weight excluding hydrogens is 417 g/mol. The fourth-order valence-electron chi connectivity index (χ4n) is 1.65. The molecule has 0 saturated heterocycles. The first-order chi connectivity index (χ1) is 10.4. The third-order valence-electron chi connectivity index (χ3n) is 2.92. The molecule has 0 atom stereocenters. The van der Waals surface area contributed by atoms with Gasteiger partial charge in [-0.05, 0) is 18.2 Å². The first-order valence-corrected chi connectivity index (χ1v) is 7.10. The lowest BCUT2D eigenvalue weighted by atomic mass is 10.2. The maximum absolute atomic E-state index is 13.5. The minimum absolute atomic E-state index is 0. The van der Waals surface area contributed by atoms with Crippen molar-refractivity contribution >= 4 is 35.8 Å². The minimum Gasteiger partial charge on any atom is -0.355 e. The molecule has 5 nitrogen and oxygen atoms in total. The standard InChI is InChI=1S/C15H22F2N4O.HI/c1-10(2)14(22)19-6-7-20-15(18-3)21-9-11-8-12(16)4-5-13(11)17;/h4-5,8,10H,6-7,9H2,1-3H3,(H,19,22)(H2,18,20,21);1H. The molecule has 0 saturated carbocycles. The molecule has 8 heteroatoms. The van der Waals surface area contributed by atoms with E-state index in [1.807, 2.05) is 13.8 Å². The van der Waals surface area contributed by atoms with Crippen LogP contribution in [0.5, 0.6) is 0 Å². The number of hydrogen-bond donors (Lipinski definition) is 3. The van der Waals surface area contributed by atoms with Crippen LogP contribution in [-0.4, -0.2) is 32.0 Å². The zero-order chi connectivity index (χ0) is 16.5.